The summed E-state index contributed by atoms with van der Waals surface area (Å²) in [6.07, 6.45) is -0.850. The fourth-order valence-electron chi connectivity index (χ4n) is 3.88. The van der Waals surface area contributed by atoms with E-state index in [9.17, 15) is 4.57 Å². The predicted octanol–water partition coefficient (Wildman–Crippen LogP) is 4.06. The normalized spacial score (nSPS) is 25.9. The first-order chi connectivity index (χ1) is 15.5. The summed E-state index contributed by atoms with van der Waals surface area (Å²) in [7, 11) is 1.16. The molecule has 0 amide bonds. The Morgan fingerprint density at radius 3 is 1.78 bits per heavy atom. The molecule has 1 saturated heterocycles. The van der Waals surface area contributed by atoms with Gasteiger partial charge in [0.05, 0.1) is 12.2 Å². The van der Waals surface area contributed by atoms with Gasteiger partial charge in [0.1, 0.15) is 29.8 Å². The minimum Gasteiger partial charge on any atom is -0.405 e. The van der Waals surface area contributed by atoms with Gasteiger partial charge >= 0.3 is 7.75 Å². The SMILES string of the molecule is CO[C@@H]1[C@@H](OC)[C@H](C)O[C@@H](CCNP(=O)(Oc2ccccc2)Oc2ccccc2)[C@@H]1OC. The zero-order chi connectivity index (χ0) is 23.0. The summed E-state index contributed by atoms with van der Waals surface area (Å²) in [5, 5.41) is 2.96. The standard InChI is InChI=1S/C23H32NO7P/c1-17-21(26-2)23(28-4)22(27-3)20(29-17)15-16-24-32(25,30-18-11-7-5-8-12-18)31-19-13-9-6-10-14-19/h5-14,17,20-23H,15-16H2,1-4H3,(H,24,25)/t17-,20-,21-,22-,23+/m0/s1. The molecule has 1 aliphatic heterocycles. The van der Waals surface area contributed by atoms with Crippen LogP contribution < -0.4 is 14.1 Å². The lowest BCUT2D eigenvalue weighted by molar-refractivity contribution is -0.238. The van der Waals surface area contributed by atoms with Crippen LogP contribution in [0, 0.1) is 0 Å². The molecule has 8 nitrogen and oxygen atoms in total. The van der Waals surface area contributed by atoms with Crippen LogP contribution in [-0.4, -0.2) is 58.4 Å². The highest BCUT2D eigenvalue weighted by atomic mass is 31.2. The Hall–Kier alpha value is -1.93. The quantitative estimate of drug-likeness (QED) is 0.498. The lowest BCUT2D eigenvalue weighted by atomic mass is 9.93. The van der Waals surface area contributed by atoms with E-state index in [2.05, 4.69) is 5.09 Å². The molecule has 1 aliphatic rings. The van der Waals surface area contributed by atoms with Crippen molar-refractivity contribution in [2.45, 2.75) is 43.9 Å². The Kier molecular flexibility index (Phi) is 9.11. The zero-order valence-corrected chi connectivity index (χ0v) is 19.8. The van der Waals surface area contributed by atoms with E-state index in [1.165, 1.54) is 0 Å². The van der Waals surface area contributed by atoms with E-state index < -0.39 is 7.75 Å². The maximum Gasteiger partial charge on any atom is 0.512 e. The van der Waals surface area contributed by atoms with Crippen molar-refractivity contribution < 1.29 is 32.6 Å². The maximum atomic E-state index is 13.6. The first-order valence-electron chi connectivity index (χ1n) is 10.6. The van der Waals surface area contributed by atoms with Crippen LogP contribution in [0.3, 0.4) is 0 Å². The molecule has 2 aromatic carbocycles. The van der Waals surface area contributed by atoms with E-state index >= 15 is 0 Å². The second-order valence-electron chi connectivity index (χ2n) is 7.48. The van der Waals surface area contributed by atoms with Gasteiger partial charge in [0.2, 0.25) is 0 Å². The van der Waals surface area contributed by atoms with Crippen molar-refractivity contribution in [1.29, 1.82) is 0 Å². The average molecular weight is 465 g/mol. The van der Waals surface area contributed by atoms with Gasteiger partial charge in [-0.15, -0.1) is 0 Å². The number of benzene rings is 2. The smallest absolute Gasteiger partial charge is 0.405 e. The van der Waals surface area contributed by atoms with E-state index in [4.69, 9.17) is 28.0 Å². The second kappa shape index (κ2) is 11.8. The third-order valence-corrected chi connectivity index (χ3v) is 6.87. The summed E-state index contributed by atoms with van der Waals surface area (Å²) in [5.74, 6) is 0.887. The Labute approximate surface area is 189 Å². The number of methoxy groups -OCH3 is 3. The number of ether oxygens (including phenoxy) is 4. The van der Waals surface area contributed by atoms with E-state index in [1.807, 2.05) is 19.1 Å². The van der Waals surface area contributed by atoms with Crippen LogP contribution in [0.25, 0.3) is 0 Å². The Morgan fingerprint density at radius 2 is 1.31 bits per heavy atom. The molecule has 2 aromatic rings. The molecule has 0 spiro atoms. The van der Waals surface area contributed by atoms with Gasteiger partial charge in [-0.1, -0.05) is 36.4 Å². The molecule has 32 heavy (non-hydrogen) atoms. The van der Waals surface area contributed by atoms with Crippen LogP contribution in [0.15, 0.2) is 60.7 Å². The van der Waals surface area contributed by atoms with Crippen LogP contribution in [0.1, 0.15) is 13.3 Å². The van der Waals surface area contributed by atoms with E-state index in [0.717, 1.165) is 0 Å². The van der Waals surface area contributed by atoms with Crippen LogP contribution in [0.2, 0.25) is 0 Å². The van der Waals surface area contributed by atoms with Crippen LogP contribution >= 0.6 is 7.75 Å². The van der Waals surface area contributed by atoms with Crippen molar-refractivity contribution >= 4 is 7.75 Å². The minimum atomic E-state index is -3.72. The van der Waals surface area contributed by atoms with Gasteiger partial charge in [0, 0.05) is 27.9 Å². The lowest BCUT2D eigenvalue weighted by Gasteiger charge is -2.44. The van der Waals surface area contributed by atoms with Crippen molar-refractivity contribution in [3.63, 3.8) is 0 Å². The van der Waals surface area contributed by atoms with Gasteiger partial charge in [-0.3, -0.25) is 0 Å². The number of nitrogens with one attached hydrogen (secondary N) is 1. The molecule has 0 unspecified atom stereocenters. The summed E-state index contributed by atoms with van der Waals surface area (Å²) in [4.78, 5) is 0. The van der Waals surface area contributed by atoms with E-state index in [1.54, 1.807) is 69.9 Å². The summed E-state index contributed by atoms with van der Waals surface area (Å²) in [6.45, 7) is 2.25. The first-order valence-corrected chi connectivity index (χ1v) is 12.1. The first kappa shape index (κ1) is 24.7. The van der Waals surface area contributed by atoms with Gasteiger partial charge in [0.25, 0.3) is 0 Å². The number of hydrogen-bond donors (Lipinski definition) is 1. The van der Waals surface area contributed by atoms with Gasteiger partial charge in [0.15, 0.2) is 0 Å². The van der Waals surface area contributed by atoms with Crippen molar-refractivity contribution in [3.05, 3.63) is 60.7 Å². The molecule has 0 bridgehead atoms. The monoisotopic (exact) mass is 465 g/mol. The van der Waals surface area contributed by atoms with E-state index in [-0.39, 0.29) is 30.5 Å². The van der Waals surface area contributed by atoms with Crippen LogP contribution in [-0.2, 0) is 23.5 Å². The fourth-order valence-corrected chi connectivity index (χ4v) is 5.24. The largest absolute Gasteiger partial charge is 0.512 e. The summed E-state index contributed by atoms with van der Waals surface area (Å²) in [5.41, 5.74) is 0. The molecule has 9 heteroatoms. The fraction of sp³-hybridized carbons (Fsp3) is 0.478. The molecule has 0 aromatic heterocycles. The molecular weight excluding hydrogens is 433 g/mol. The summed E-state index contributed by atoms with van der Waals surface area (Å²) >= 11 is 0. The van der Waals surface area contributed by atoms with Gasteiger partial charge < -0.3 is 28.0 Å². The number of rotatable bonds is 11. The van der Waals surface area contributed by atoms with Crippen LogP contribution in [0.5, 0.6) is 11.5 Å². The highest BCUT2D eigenvalue weighted by Crippen LogP contribution is 2.44. The zero-order valence-electron chi connectivity index (χ0n) is 18.9. The van der Waals surface area contributed by atoms with Gasteiger partial charge in [-0.25, -0.2) is 9.65 Å². The topological polar surface area (TPSA) is 84.5 Å². The average Bonchev–Trinajstić information content (AvgIpc) is 2.79. The minimum absolute atomic E-state index is 0.186. The highest BCUT2D eigenvalue weighted by Gasteiger charge is 2.45. The van der Waals surface area contributed by atoms with Crippen molar-refractivity contribution in [2.24, 2.45) is 0 Å². The summed E-state index contributed by atoms with van der Waals surface area (Å²) in [6, 6.07) is 17.8. The van der Waals surface area contributed by atoms with Crippen LogP contribution in [0.4, 0.5) is 0 Å². The van der Waals surface area contributed by atoms with Crippen molar-refractivity contribution in [3.8, 4) is 11.5 Å². The molecular formula is C23H32NO7P. The molecule has 3 rings (SSSR count). The Bertz CT molecular complexity index is 808. The molecule has 0 radical (unpaired) electrons. The third kappa shape index (κ3) is 6.32. The van der Waals surface area contributed by atoms with Gasteiger partial charge in [-0.05, 0) is 37.6 Å². The molecule has 0 aliphatic carbocycles. The van der Waals surface area contributed by atoms with Crippen molar-refractivity contribution in [1.82, 2.24) is 5.09 Å². The lowest BCUT2D eigenvalue weighted by Crippen LogP contribution is -2.59. The molecule has 1 fully saturated rings. The Morgan fingerprint density at radius 1 is 0.812 bits per heavy atom. The van der Waals surface area contributed by atoms with Crippen molar-refractivity contribution in [2.75, 3.05) is 27.9 Å². The van der Waals surface area contributed by atoms with Gasteiger partial charge in [-0.2, -0.15) is 0 Å². The summed E-state index contributed by atoms with van der Waals surface area (Å²) < 4.78 is 48.1. The maximum absolute atomic E-state index is 13.6. The third-order valence-electron chi connectivity index (χ3n) is 5.35. The molecule has 5 atom stereocenters. The molecule has 1 N–H and O–H groups in total. The predicted molar refractivity (Wildman–Crippen MR) is 121 cm³/mol. The second-order valence-corrected chi connectivity index (χ2v) is 9.16. The highest BCUT2D eigenvalue weighted by molar-refractivity contribution is 7.52. The molecule has 1 heterocycles. The number of hydrogen-bond acceptors (Lipinski definition) is 7. The number of para-hydroxylation sites is 2. The molecule has 0 saturated carbocycles. The molecule has 176 valence electrons. The van der Waals surface area contributed by atoms with E-state index in [0.29, 0.717) is 24.5 Å². The Balaban J connectivity index is 1.69.